The van der Waals surface area contributed by atoms with Gasteiger partial charge in [-0.05, 0) is 67.9 Å². The topological polar surface area (TPSA) is 79.5 Å². The van der Waals surface area contributed by atoms with Crippen LogP contribution in [0.5, 0.6) is 17.2 Å². The van der Waals surface area contributed by atoms with Crippen LogP contribution in [0.3, 0.4) is 0 Å². The van der Waals surface area contributed by atoms with Crippen molar-refractivity contribution in [2.24, 2.45) is 0 Å². The van der Waals surface area contributed by atoms with Gasteiger partial charge in [-0.15, -0.1) is 5.10 Å². The van der Waals surface area contributed by atoms with Crippen molar-refractivity contribution < 1.29 is 14.2 Å². The molecule has 0 bridgehead atoms. The van der Waals surface area contributed by atoms with Gasteiger partial charge in [-0.2, -0.15) is 0 Å². The van der Waals surface area contributed by atoms with Crippen molar-refractivity contribution in [1.29, 1.82) is 0 Å². The molecule has 2 heterocycles. The molecule has 0 atom stereocenters. The van der Waals surface area contributed by atoms with Gasteiger partial charge in [-0.3, -0.25) is 0 Å². The molecule has 0 fully saturated rings. The number of ether oxygens (including phenoxy) is 3. The molecule has 10 heteroatoms. The zero-order valence-electron chi connectivity index (χ0n) is 27.2. The first-order chi connectivity index (χ1) is 22.6. The molecular formula is C36H45ClN6O3. The van der Waals surface area contributed by atoms with Crippen LogP contribution in [0.2, 0.25) is 5.02 Å². The van der Waals surface area contributed by atoms with Crippen LogP contribution in [0.1, 0.15) is 45.6 Å². The number of unbranched alkanes of at least 4 members (excludes halogenated alkanes) is 1. The van der Waals surface area contributed by atoms with Gasteiger partial charge in [0.25, 0.3) is 0 Å². The lowest BCUT2D eigenvalue weighted by Crippen LogP contribution is -2.25. The summed E-state index contributed by atoms with van der Waals surface area (Å²) in [6.07, 6.45) is 7.32. The van der Waals surface area contributed by atoms with Gasteiger partial charge in [-0.1, -0.05) is 56.1 Å². The summed E-state index contributed by atoms with van der Waals surface area (Å²) in [4.78, 5) is 7.54. The SMILES string of the molecule is CCCCn1c(-c2ccc(OCCc3ccc(Cl)cc3)cc2OCCCN(CC)CC)nc2ccc(OCCn3ccnn3)cc21. The van der Waals surface area contributed by atoms with E-state index in [9.17, 15) is 0 Å². The second-order valence-electron chi connectivity index (χ2n) is 11.2. The Morgan fingerprint density at radius 3 is 2.35 bits per heavy atom. The minimum Gasteiger partial charge on any atom is -0.493 e. The van der Waals surface area contributed by atoms with Gasteiger partial charge in [0, 0.05) is 42.9 Å². The molecule has 0 saturated carbocycles. The predicted molar refractivity (Wildman–Crippen MR) is 184 cm³/mol. The molecule has 0 saturated heterocycles. The number of fused-ring (bicyclic) bond motifs is 1. The normalized spacial score (nSPS) is 11.4. The zero-order valence-corrected chi connectivity index (χ0v) is 28.0. The lowest BCUT2D eigenvalue weighted by atomic mass is 10.1. The van der Waals surface area contributed by atoms with Crippen LogP contribution in [-0.2, 0) is 19.5 Å². The number of hydrogen-bond donors (Lipinski definition) is 0. The lowest BCUT2D eigenvalue weighted by Gasteiger charge is -2.19. The van der Waals surface area contributed by atoms with Gasteiger partial charge in [0.15, 0.2) is 0 Å². The van der Waals surface area contributed by atoms with Crippen LogP contribution < -0.4 is 14.2 Å². The van der Waals surface area contributed by atoms with Gasteiger partial charge >= 0.3 is 0 Å². The first-order valence-electron chi connectivity index (χ1n) is 16.4. The fourth-order valence-electron chi connectivity index (χ4n) is 5.39. The van der Waals surface area contributed by atoms with E-state index in [1.165, 1.54) is 5.56 Å². The number of benzene rings is 3. The van der Waals surface area contributed by atoms with Crippen molar-refractivity contribution >= 4 is 22.6 Å². The molecule has 0 N–H and O–H groups in total. The highest BCUT2D eigenvalue weighted by atomic mass is 35.5. The van der Waals surface area contributed by atoms with Gasteiger partial charge in [0.05, 0.1) is 42.6 Å². The molecule has 46 heavy (non-hydrogen) atoms. The molecule has 0 amide bonds. The fraction of sp³-hybridized carbons (Fsp3) is 0.417. The minimum atomic E-state index is 0.496. The molecule has 0 unspecified atom stereocenters. The number of rotatable bonds is 19. The van der Waals surface area contributed by atoms with E-state index >= 15 is 0 Å². The lowest BCUT2D eigenvalue weighted by molar-refractivity contribution is 0.248. The number of imidazole rings is 1. The highest BCUT2D eigenvalue weighted by molar-refractivity contribution is 6.30. The van der Waals surface area contributed by atoms with Gasteiger partial charge in [0.1, 0.15) is 29.7 Å². The van der Waals surface area contributed by atoms with E-state index in [1.54, 1.807) is 10.9 Å². The molecule has 9 nitrogen and oxygen atoms in total. The summed E-state index contributed by atoms with van der Waals surface area (Å²) in [5.41, 5.74) is 4.09. The summed E-state index contributed by atoms with van der Waals surface area (Å²) in [5.74, 6) is 3.24. The number of halogens is 1. The molecule has 244 valence electrons. The van der Waals surface area contributed by atoms with Crippen LogP contribution in [0.15, 0.2) is 73.1 Å². The van der Waals surface area contributed by atoms with Crippen LogP contribution in [0, 0.1) is 0 Å². The predicted octanol–water partition coefficient (Wildman–Crippen LogP) is 7.56. The summed E-state index contributed by atoms with van der Waals surface area (Å²) >= 11 is 6.05. The van der Waals surface area contributed by atoms with Crippen molar-refractivity contribution in [3.63, 3.8) is 0 Å². The van der Waals surface area contributed by atoms with Gasteiger partial charge < -0.3 is 23.7 Å². The zero-order chi connectivity index (χ0) is 32.1. The highest BCUT2D eigenvalue weighted by Gasteiger charge is 2.18. The molecule has 0 spiro atoms. The maximum Gasteiger partial charge on any atom is 0.144 e. The van der Waals surface area contributed by atoms with Crippen LogP contribution in [-0.4, -0.2) is 68.9 Å². The Balaban J connectivity index is 1.39. The maximum atomic E-state index is 6.50. The van der Waals surface area contributed by atoms with E-state index in [-0.39, 0.29) is 0 Å². The molecule has 0 aliphatic carbocycles. The van der Waals surface area contributed by atoms with Crippen molar-refractivity contribution in [3.05, 3.63) is 83.6 Å². The third-order valence-electron chi connectivity index (χ3n) is 8.05. The third-order valence-corrected chi connectivity index (χ3v) is 8.31. The second kappa shape index (κ2) is 17.0. The van der Waals surface area contributed by atoms with Crippen LogP contribution in [0.25, 0.3) is 22.4 Å². The number of aryl methyl sites for hydroxylation is 1. The van der Waals surface area contributed by atoms with Crippen LogP contribution >= 0.6 is 11.6 Å². The van der Waals surface area contributed by atoms with Gasteiger partial charge in [0.2, 0.25) is 0 Å². The maximum absolute atomic E-state index is 6.50. The molecular weight excluding hydrogens is 600 g/mol. The second-order valence-corrected chi connectivity index (χ2v) is 11.7. The summed E-state index contributed by atoms with van der Waals surface area (Å²) in [6.45, 7) is 12.8. The Labute approximate surface area is 277 Å². The molecule has 2 aromatic heterocycles. The quantitative estimate of drug-likeness (QED) is 0.0859. The largest absolute Gasteiger partial charge is 0.493 e. The summed E-state index contributed by atoms with van der Waals surface area (Å²) < 4.78 is 22.9. The van der Waals surface area contributed by atoms with E-state index in [1.807, 2.05) is 54.7 Å². The van der Waals surface area contributed by atoms with Crippen molar-refractivity contribution in [2.45, 2.75) is 59.5 Å². The third kappa shape index (κ3) is 9.01. The van der Waals surface area contributed by atoms with E-state index < -0.39 is 0 Å². The number of hydrogen-bond acceptors (Lipinski definition) is 7. The number of nitrogens with zero attached hydrogens (tertiary/aromatic N) is 6. The molecule has 0 radical (unpaired) electrons. The molecule has 0 aliphatic rings. The van der Waals surface area contributed by atoms with E-state index in [0.29, 0.717) is 26.4 Å². The Hall–Kier alpha value is -4.08. The Morgan fingerprint density at radius 2 is 1.59 bits per heavy atom. The van der Waals surface area contributed by atoms with Gasteiger partial charge in [-0.25, -0.2) is 9.67 Å². The molecule has 3 aromatic carbocycles. The van der Waals surface area contributed by atoms with Crippen LogP contribution in [0.4, 0.5) is 0 Å². The Kier molecular flexibility index (Phi) is 12.3. The Morgan fingerprint density at radius 1 is 0.804 bits per heavy atom. The standard InChI is InChI=1S/C36H45ClN6O3/c1-4-7-20-43-34-26-30(45-25-22-42-21-18-38-40-42)14-16-33(34)39-36(43)32-15-13-31(44-24-17-28-9-11-29(37)12-10-28)27-35(32)46-23-8-19-41(5-2)6-3/h9-16,18,21,26-27H,4-8,17,19-20,22-25H2,1-3H3. The molecule has 5 aromatic rings. The van der Waals surface area contributed by atoms with E-state index in [0.717, 1.165) is 96.6 Å². The molecule has 5 rings (SSSR count). The minimum absolute atomic E-state index is 0.496. The smallest absolute Gasteiger partial charge is 0.144 e. The average molecular weight is 645 g/mol. The summed E-state index contributed by atoms with van der Waals surface area (Å²) in [6, 6.07) is 20.1. The first kappa shape index (κ1) is 33.3. The van der Waals surface area contributed by atoms with Crippen molar-refractivity contribution in [3.8, 4) is 28.6 Å². The molecule has 0 aliphatic heterocycles. The highest BCUT2D eigenvalue weighted by Crippen LogP contribution is 2.36. The summed E-state index contributed by atoms with van der Waals surface area (Å²) in [5, 5.41) is 8.62. The van der Waals surface area contributed by atoms with Crippen molar-refractivity contribution in [1.82, 2.24) is 29.4 Å². The summed E-state index contributed by atoms with van der Waals surface area (Å²) in [7, 11) is 0. The van der Waals surface area contributed by atoms with E-state index in [2.05, 4.69) is 52.7 Å². The fourth-order valence-corrected chi connectivity index (χ4v) is 5.52. The van der Waals surface area contributed by atoms with E-state index in [4.69, 9.17) is 30.8 Å². The first-order valence-corrected chi connectivity index (χ1v) is 16.8. The Bertz CT molecular complexity index is 1630. The monoisotopic (exact) mass is 644 g/mol. The number of aromatic nitrogens is 5. The van der Waals surface area contributed by atoms with Crippen molar-refractivity contribution in [2.75, 3.05) is 39.5 Å². The average Bonchev–Trinajstić information content (AvgIpc) is 3.73.